The molecule has 0 rings (SSSR count). The Kier molecular flexibility index (Phi) is 43.1. The van der Waals surface area contributed by atoms with Gasteiger partial charge in [0, 0.05) is 6.42 Å². The van der Waals surface area contributed by atoms with Gasteiger partial charge in [-0.25, -0.2) is 0 Å². The van der Waals surface area contributed by atoms with Crippen LogP contribution < -0.4 is 5.32 Å². The normalized spacial score (nSPS) is 13.4. The number of aliphatic hydroxyl groups is 2. The molecule has 0 radical (unpaired) electrons. The summed E-state index contributed by atoms with van der Waals surface area (Å²) in [6, 6.07) is -0.702. The number of amides is 1. The summed E-state index contributed by atoms with van der Waals surface area (Å²) in [5.41, 5.74) is 0. The Morgan fingerprint density at radius 1 is 0.518 bits per heavy atom. The molecule has 0 saturated carbocycles. The third kappa shape index (κ3) is 39.2. The van der Waals surface area contributed by atoms with E-state index in [0.29, 0.717) is 19.3 Å². The molecular formula is C50H95NO5. The molecule has 3 unspecified atom stereocenters. The molecule has 6 nitrogen and oxygen atoms in total. The molecule has 0 aromatic rings. The first-order valence-corrected chi connectivity index (χ1v) is 24.6. The third-order valence-electron chi connectivity index (χ3n) is 11.3. The average molecular weight is 790 g/mol. The zero-order valence-electron chi connectivity index (χ0n) is 37.5. The molecule has 0 fully saturated rings. The Balaban J connectivity index is 4.59. The number of ether oxygens (including phenoxy) is 1. The first-order chi connectivity index (χ1) is 27.5. The highest BCUT2D eigenvalue weighted by Crippen LogP contribution is 2.18. The molecule has 3 atom stereocenters. The highest BCUT2D eigenvalue weighted by molar-refractivity contribution is 5.77. The number of carbonyl (C=O) groups is 2. The van der Waals surface area contributed by atoms with E-state index in [0.717, 1.165) is 77.0 Å². The van der Waals surface area contributed by atoms with Crippen molar-refractivity contribution in [2.24, 2.45) is 0 Å². The van der Waals surface area contributed by atoms with Crippen LogP contribution in [0.2, 0.25) is 0 Å². The predicted octanol–water partition coefficient (Wildman–Crippen LogP) is 14.3. The fraction of sp³-hybridized carbons (Fsp3) is 0.880. The van der Waals surface area contributed by atoms with E-state index in [1.165, 1.54) is 135 Å². The molecule has 0 spiro atoms. The highest BCUT2D eigenvalue weighted by Gasteiger charge is 2.24. The summed E-state index contributed by atoms with van der Waals surface area (Å²) in [6.07, 6.45) is 49.4. The first kappa shape index (κ1) is 54.3. The van der Waals surface area contributed by atoms with Crippen LogP contribution >= 0.6 is 0 Å². The van der Waals surface area contributed by atoms with Gasteiger partial charge in [-0.05, 0) is 51.4 Å². The molecule has 0 aliphatic heterocycles. The van der Waals surface area contributed by atoms with E-state index in [2.05, 4.69) is 50.4 Å². The lowest BCUT2D eigenvalue weighted by Crippen LogP contribution is -2.46. The van der Waals surface area contributed by atoms with Gasteiger partial charge >= 0.3 is 5.97 Å². The minimum absolute atomic E-state index is 0.0688. The SMILES string of the molecule is CCCCC/C=C/C=C/CCCCCCC(CC(=O)NC(CO)C(O)CCCCCCCCCCCCCC)OC(=O)CCCCCCCCCCCCCC. The summed E-state index contributed by atoms with van der Waals surface area (Å²) in [5.74, 6) is -0.484. The fourth-order valence-corrected chi connectivity index (χ4v) is 7.54. The molecule has 0 aliphatic rings. The standard InChI is InChI=1S/C50H95NO5/c1-4-7-10-13-16-19-22-25-26-29-32-35-38-41-46(56-50(55)43-40-37-34-31-28-24-21-18-15-12-9-6-3)44-49(54)51-47(45-52)48(53)42-39-36-33-30-27-23-20-17-14-11-8-5-2/h16,19,22,25,46-48,52-53H,4-15,17-18,20-21,23-24,26-45H2,1-3H3,(H,51,54)/b19-16+,25-22+. The van der Waals surface area contributed by atoms with Crippen molar-refractivity contribution < 1.29 is 24.5 Å². The van der Waals surface area contributed by atoms with Crippen LogP contribution in [0.3, 0.4) is 0 Å². The summed E-state index contributed by atoms with van der Waals surface area (Å²) in [6.45, 7) is 6.44. The molecule has 56 heavy (non-hydrogen) atoms. The van der Waals surface area contributed by atoms with Crippen molar-refractivity contribution in [3.05, 3.63) is 24.3 Å². The smallest absolute Gasteiger partial charge is 0.306 e. The molecule has 330 valence electrons. The van der Waals surface area contributed by atoms with E-state index >= 15 is 0 Å². The zero-order chi connectivity index (χ0) is 41.0. The van der Waals surface area contributed by atoms with E-state index in [4.69, 9.17) is 4.74 Å². The molecule has 1 amide bonds. The fourth-order valence-electron chi connectivity index (χ4n) is 7.54. The average Bonchev–Trinajstić information content (AvgIpc) is 3.19. The van der Waals surface area contributed by atoms with Crippen molar-refractivity contribution in [2.75, 3.05) is 6.61 Å². The van der Waals surface area contributed by atoms with E-state index < -0.39 is 18.2 Å². The number of nitrogens with one attached hydrogen (secondary N) is 1. The van der Waals surface area contributed by atoms with Crippen LogP contribution in [-0.2, 0) is 14.3 Å². The van der Waals surface area contributed by atoms with Gasteiger partial charge in [-0.2, -0.15) is 0 Å². The van der Waals surface area contributed by atoms with Gasteiger partial charge in [0.05, 0.1) is 25.2 Å². The summed E-state index contributed by atoms with van der Waals surface area (Å²) in [7, 11) is 0. The number of allylic oxidation sites excluding steroid dienone is 4. The van der Waals surface area contributed by atoms with E-state index in [1.807, 2.05) is 0 Å². The summed E-state index contributed by atoms with van der Waals surface area (Å²) < 4.78 is 5.91. The van der Waals surface area contributed by atoms with Gasteiger partial charge in [0.1, 0.15) is 6.10 Å². The molecule has 0 heterocycles. The van der Waals surface area contributed by atoms with Crippen molar-refractivity contribution in [1.29, 1.82) is 0 Å². The Labute approximate surface area is 348 Å². The Morgan fingerprint density at radius 2 is 0.893 bits per heavy atom. The monoisotopic (exact) mass is 790 g/mol. The largest absolute Gasteiger partial charge is 0.462 e. The van der Waals surface area contributed by atoms with Crippen molar-refractivity contribution in [1.82, 2.24) is 5.32 Å². The van der Waals surface area contributed by atoms with Crippen LogP contribution in [-0.4, -0.2) is 46.9 Å². The Bertz CT molecular complexity index is 889. The minimum Gasteiger partial charge on any atom is -0.462 e. The van der Waals surface area contributed by atoms with Gasteiger partial charge in [0.25, 0.3) is 0 Å². The Hall–Kier alpha value is -1.66. The zero-order valence-corrected chi connectivity index (χ0v) is 37.5. The van der Waals surface area contributed by atoms with E-state index in [-0.39, 0.29) is 24.9 Å². The van der Waals surface area contributed by atoms with Crippen LogP contribution in [0.1, 0.15) is 258 Å². The summed E-state index contributed by atoms with van der Waals surface area (Å²) in [5, 5.41) is 23.7. The maximum absolute atomic E-state index is 13.2. The van der Waals surface area contributed by atoms with Crippen LogP contribution in [0, 0.1) is 0 Å². The number of unbranched alkanes of at least 4 members (excludes halogenated alkanes) is 29. The van der Waals surface area contributed by atoms with Gasteiger partial charge in [-0.15, -0.1) is 0 Å². The molecular weight excluding hydrogens is 695 g/mol. The van der Waals surface area contributed by atoms with E-state index in [9.17, 15) is 19.8 Å². The Morgan fingerprint density at radius 3 is 1.36 bits per heavy atom. The van der Waals surface area contributed by atoms with Crippen LogP contribution in [0.15, 0.2) is 24.3 Å². The van der Waals surface area contributed by atoms with Gasteiger partial charge in [0.2, 0.25) is 5.91 Å². The quantitative estimate of drug-likeness (QED) is 0.0324. The topological polar surface area (TPSA) is 95.9 Å². The molecule has 6 heteroatoms. The number of hydrogen-bond donors (Lipinski definition) is 3. The minimum atomic E-state index is -0.788. The summed E-state index contributed by atoms with van der Waals surface area (Å²) in [4.78, 5) is 26.0. The van der Waals surface area contributed by atoms with Crippen LogP contribution in [0.25, 0.3) is 0 Å². The number of esters is 1. The van der Waals surface area contributed by atoms with Gasteiger partial charge in [0.15, 0.2) is 0 Å². The molecule has 0 bridgehead atoms. The van der Waals surface area contributed by atoms with Gasteiger partial charge in [-0.3, -0.25) is 9.59 Å². The second-order valence-electron chi connectivity index (χ2n) is 16.9. The number of aliphatic hydroxyl groups excluding tert-OH is 2. The lowest BCUT2D eigenvalue weighted by atomic mass is 10.0. The van der Waals surface area contributed by atoms with E-state index in [1.54, 1.807) is 0 Å². The number of hydrogen-bond acceptors (Lipinski definition) is 5. The molecule has 0 saturated heterocycles. The second-order valence-corrected chi connectivity index (χ2v) is 16.9. The molecule has 3 N–H and O–H groups in total. The van der Waals surface area contributed by atoms with Crippen molar-refractivity contribution in [2.45, 2.75) is 277 Å². The highest BCUT2D eigenvalue weighted by atomic mass is 16.5. The maximum atomic E-state index is 13.2. The second kappa shape index (κ2) is 44.4. The number of rotatable bonds is 44. The molecule has 0 aliphatic carbocycles. The predicted molar refractivity (Wildman–Crippen MR) is 241 cm³/mol. The van der Waals surface area contributed by atoms with Crippen molar-refractivity contribution in [3.63, 3.8) is 0 Å². The number of carbonyl (C=O) groups excluding carboxylic acids is 2. The third-order valence-corrected chi connectivity index (χ3v) is 11.3. The van der Waals surface area contributed by atoms with Crippen LogP contribution in [0.5, 0.6) is 0 Å². The summed E-state index contributed by atoms with van der Waals surface area (Å²) >= 11 is 0. The van der Waals surface area contributed by atoms with Gasteiger partial charge in [-0.1, -0.05) is 218 Å². The van der Waals surface area contributed by atoms with Crippen molar-refractivity contribution >= 4 is 11.9 Å². The molecule has 0 aromatic heterocycles. The van der Waals surface area contributed by atoms with Crippen molar-refractivity contribution in [3.8, 4) is 0 Å². The first-order valence-electron chi connectivity index (χ1n) is 24.6. The molecule has 0 aromatic carbocycles. The lowest BCUT2D eigenvalue weighted by molar-refractivity contribution is -0.151. The lowest BCUT2D eigenvalue weighted by Gasteiger charge is -2.24. The van der Waals surface area contributed by atoms with Crippen LogP contribution in [0.4, 0.5) is 0 Å². The van der Waals surface area contributed by atoms with Gasteiger partial charge < -0.3 is 20.3 Å². The maximum Gasteiger partial charge on any atom is 0.306 e.